The lowest BCUT2D eigenvalue weighted by atomic mass is 9.82. The number of allylic oxidation sites excluding steroid dienone is 1. The van der Waals surface area contributed by atoms with Crippen LogP contribution in [0.4, 0.5) is 4.79 Å². The third-order valence-corrected chi connectivity index (χ3v) is 8.25. The molecule has 1 saturated heterocycles. The van der Waals surface area contributed by atoms with E-state index in [2.05, 4.69) is 13.8 Å². The molecule has 3 rings (SSSR count). The standard InChI is InChI=1S/C28H37NO4S/c1-4-6-8-9-14-22-28(24-15-12-10-13-16-24)26(17-11-7-5-2)33-27(30)29(28)34(31,32)25-20-18-23(3)19-21-25/h10,12-16,18-22,26H,4-9,11,17H2,1-3H3/b22-14+/t26-,28-/m0/s1. The van der Waals surface area contributed by atoms with Crippen LogP contribution in [0.3, 0.4) is 0 Å². The van der Waals surface area contributed by atoms with Gasteiger partial charge in [0.25, 0.3) is 10.0 Å². The fourth-order valence-corrected chi connectivity index (χ4v) is 6.18. The van der Waals surface area contributed by atoms with Gasteiger partial charge >= 0.3 is 6.09 Å². The molecule has 0 bridgehead atoms. The van der Waals surface area contributed by atoms with Gasteiger partial charge in [0.1, 0.15) is 11.6 Å². The number of ether oxygens (including phenoxy) is 1. The van der Waals surface area contributed by atoms with E-state index in [1.54, 1.807) is 24.3 Å². The van der Waals surface area contributed by atoms with Crippen molar-refractivity contribution < 1.29 is 17.9 Å². The first-order valence-corrected chi connectivity index (χ1v) is 13.9. The zero-order valence-electron chi connectivity index (χ0n) is 20.6. The Bertz CT molecular complexity index is 1060. The first kappa shape index (κ1) is 26.0. The predicted molar refractivity (Wildman–Crippen MR) is 136 cm³/mol. The van der Waals surface area contributed by atoms with Crippen molar-refractivity contribution in [2.45, 2.75) is 88.7 Å². The van der Waals surface area contributed by atoms with E-state index in [1.165, 1.54) is 0 Å². The molecule has 2 atom stereocenters. The second kappa shape index (κ2) is 11.7. The second-order valence-electron chi connectivity index (χ2n) is 9.04. The lowest BCUT2D eigenvalue weighted by molar-refractivity contribution is 0.110. The van der Waals surface area contributed by atoms with Crippen LogP contribution in [-0.2, 0) is 20.3 Å². The van der Waals surface area contributed by atoms with E-state index < -0.39 is 27.8 Å². The molecule has 1 heterocycles. The summed E-state index contributed by atoms with van der Waals surface area (Å²) in [6, 6.07) is 16.0. The van der Waals surface area contributed by atoms with E-state index in [1.807, 2.05) is 49.4 Å². The first-order valence-electron chi connectivity index (χ1n) is 12.4. The summed E-state index contributed by atoms with van der Waals surface area (Å²) in [5, 5.41) is 0. The van der Waals surface area contributed by atoms with Crippen molar-refractivity contribution in [3.8, 4) is 0 Å². The summed E-state index contributed by atoms with van der Waals surface area (Å²) in [7, 11) is -4.16. The van der Waals surface area contributed by atoms with Crippen LogP contribution in [0.25, 0.3) is 0 Å². The molecule has 5 nitrogen and oxygen atoms in total. The van der Waals surface area contributed by atoms with Gasteiger partial charge < -0.3 is 4.74 Å². The average Bonchev–Trinajstić information content (AvgIpc) is 3.12. The maximum Gasteiger partial charge on any atom is 0.425 e. The maximum atomic E-state index is 13.9. The lowest BCUT2D eigenvalue weighted by Gasteiger charge is -2.36. The van der Waals surface area contributed by atoms with Crippen molar-refractivity contribution in [1.82, 2.24) is 4.31 Å². The van der Waals surface area contributed by atoms with Gasteiger partial charge in [-0.25, -0.2) is 13.2 Å². The van der Waals surface area contributed by atoms with Crippen molar-refractivity contribution in [2.75, 3.05) is 0 Å². The summed E-state index contributed by atoms with van der Waals surface area (Å²) < 4.78 is 34.7. The molecule has 0 unspecified atom stereocenters. The molecule has 0 spiro atoms. The number of aryl methyl sites for hydroxylation is 1. The average molecular weight is 484 g/mol. The van der Waals surface area contributed by atoms with Crippen LogP contribution < -0.4 is 0 Å². The smallest absolute Gasteiger partial charge is 0.425 e. The number of unbranched alkanes of at least 4 members (excludes halogenated alkanes) is 5. The zero-order valence-corrected chi connectivity index (χ0v) is 21.4. The fourth-order valence-electron chi connectivity index (χ4n) is 4.57. The molecule has 0 aromatic heterocycles. The number of benzene rings is 2. The third-order valence-electron chi connectivity index (χ3n) is 6.45. The summed E-state index contributed by atoms with van der Waals surface area (Å²) >= 11 is 0. The Hall–Kier alpha value is -2.60. The molecule has 1 amide bonds. The van der Waals surface area contributed by atoms with Crippen LogP contribution in [0.1, 0.15) is 76.3 Å². The normalized spacial score (nSPS) is 20.7. The van der Waals surface area contributed by atoms with Crippen LogP contribution in [0.15, 0.2) is 71.6 Å². The minimum absolute atomic E-state index is 0.0870. The summed E-state index contributed by atoms with van der Waals surface area (Å²) in [6.07, 6.45) is 10.0. The highest BCUT2D eigenvalue weighted by Crippen LogP contribution is 2.46. The van der Waals surface area contributed by atoms with E-state index in [0.29, 0.717) is 6.42 Å². The summed E-state index contributed by atoms with van der Waals surface area (Å²) in [6.45, 7) is 6.17. The Morgan fingerprint density at radius 2 is 1.59 bits per heavy atom. The highest BCUT2D eigenvalue weighted by molar-refractivity contribution is 7.89. The highest BCUT2D eigenvalue weighted by Gasteiger charge is 2.59. The van der Waals surface area contributed by atoms with Crippen LogP contribution >= 0.6 is 0 Å². The van der Waals surface area contributed by atoms with Crippen LogP contribution in [0.2, 0.25) is 0 Å². The number of cyclic esters (lactones) is 1. The third kappa shape index (κ3) is 5.38. The molecule has 6 heteroatoms. The molecule has 1 fully saturated rings. The molecule has 2 aromatic carbocycles. The highest BCUT2D eigenvalue weighted by atomic mass is 32.2. The van der Waals surface area contributed by atoms with E-state index in [4.69, 9.17) is 4.74 Å². The number of rotatable bonds is 12. The Balaban J connectivity index is 2.17. The Kier molecular flexibility index (Phi) is 8.95. The lowest BCUT2D eigenvalue weighted by Crippen LogP contribution is -2.50. The van der Waals surface area contributed by atoms with Crippen LogP contribution in [-0.4, -0.2) is 24.9 Å². The predicted octanol–water partition coefficient (Wildman–Crippen LogP) is 7.12. The van der Waals surface area contributed by atoms with Gasteiger partial charge in [-0.1, -0.05) is 99.7 Å². The number of carbonyl (C=O) groups excluding carboxylic acids is 1. The van der Waals surface area contributed by atoms with Gasteiger partial charge in [-0.05, 0) is 50.3 Å². The number of amides is 1. The van der Waals surface area contributed by atoms with Gasteiger partial charge in [-0.15, -0.1) is 0 Å². The Morgan fingerprint density at radius 3 is 2.24 bits per heavy atom. The van der Waals surface area contributed by atoms with Crippen molar-refractivity contribution in [3.05, 3.63) is 77.9 Å². The molecular weight excluding hydrogens is 446 g/mol. The molecule has 1 aliphatic rings. The van der Waals surface area contributed by atoms with Crippen molar-refractivity contribution in [2.24, 2.45) is 0 Å². The Labute approximate surface area is 204 Å². The minimum atomic E-state index is -4.16. The van der Waals surface area contributed by atoms with Gasteiger partial charge in [-0.2, -0.15) is 4.31 Å². The monoisotopic (exact) mass is 483 g/mol. The molecule has 184 valence electrons. The zero-order chi connectivity index (χ0) is 24.6. The molecule has 2 aromatic rings. The molecule has 0 N–H and O–H groups in total. The second-order valence-corrected chi connectivity index (χ2v) is 10.8. The van der Waals surface area contributed by atoms with E-state index in [9.17, 15) is 13.2 Å². The fraction of sp³-hybridized carbons (Fsp3) is 0.464. The van der Waals surface area contributed by atoms with Crippen LogP contribution in [0, 0.1) is 6.92 Å². The summed E-state index contributed by atoms with van der Waals surface area (Å²) in [4.78, 5) is 13.4. The Morgan fingerprint density at radius 1 is 0.941 bits per heavy atom. The number of carbonyl (C=O) groups is 1. The maximum absolute atomic E-state index is 13.9. The molecular formula is C28H37NO4S. The largest absolute Gasteiger partial charge is 0.442 e. The van der Waals surface area contributed by atoms with Gasteiger partial charge in [-0.3, -0.25) is 0 Å². The SMILES string of the molecule is CCCCC/C=C/[C@]1(c2ccccc2)[C@H](CCCCC)OC(=O)N1S(=O)(=O)c1ccc(C)cc1. The molecule has 0 aliphatic carbocycles. The topological polar surface area (TPSA) is 63.7 Å². The van der Waals surface area contributed by atoms with Gasteiger partial charge in [0, 0.05) is 0 Å². The van der Waals surface area contributed by atoms with Crippen molar-refractivity contribution in [1.29, 1.82) is 0 Å². The van der Waals surface area contributed by atoms with Crippen molar-refractivity contribution in [3.63, 3.8) is 0 Å². The molecule has 1 aliphatic heterocycles. The number of hydrogen-bond acceptors (Lipinski definition) is 4. The van der Waals surface area contributed by atoms with E-state index in [-0.39, 0.29) is 4.90 Å². The van der Waals surface area contributed by atoms with Gasteiger partial charge in [0.2, 0.25) is 0 Å². The summed E-state index contributed by atoms with van der Waals surface area (Å²) in [5.74, 6) is 0. The summed E-state index contributed by atoms with van der Waals surface area (Å²) in [5.41, 5.74) is 0.456. The number of hydrogen-bond donors (Lipinski definition) is 0. The molecule has 0 radical (unpaired) electrons. The van der Waals surface area contributed by atoms with Gasteiger partial charge in [0.15, 0.2) is 0 Å². The first-order chi connectivity index (χ1) is 16.4. The molecule has 0 saturated carbocycles. The number of sulfonamides is 1. The quantitative estimate of drug-likeness (QED) is 0.238. The van der Waals surface area contributed by atoms with E-state index in [0.717, 1.165) is 60.4 Å². The van der Waals surface area contributed by atoms with E-state index >= 15 is 0 Å². The van der Waals surface area contributed by atoms with Gasteiger partial charge in [0.05, 0.1) is 4.90 Å². The van der Waals surface area contributed by atoms with Crippen LogP contribution in [0.5, 0.6) is 0 Å². The minimum Gasteiger partial charge on any atom is -0.442 e. The molecule has 34 heavy (non-hydrogen) atoms. The van der Waals surface area contributed by atoms with Crippen molar-refractivity contribution >= 4 is 16.1 Å². The number of nitrogens with zero attached hydrogens (tertiary/aromatic N) is 1.